The van der Waals surface area contributed by atoms with Gasteiger partial charge < -0.3 is 0 Å². The maximum absolute atomic E-state index is 2.73. The van der Waals surface area contributed by atoms with Crippen LogP contribution in [0.2, 0.25) is 0 Å². The SMILES string of the molecule is CCC[C@@]1(C)CCC[C@@H]2[C@@H]1CC[C@]1(C)[C@@H]([C@H](C)CCCC(C)C)CC[C@@H]21. The summed E-state index contributed by atoms with van der Waals surface area (Å²) in [5, 5.41) is 0. The maximum Gasteiger partial charge on any atom is -0.0264 e. The number of rotatable bonds is 7. The first-order valence-corrected chi connectivity index (χ1v) is 12.3. The van der Waals surface area contributed by atoms with Gasteiger partial charge in [0.05, 0.1) is 0 Å². The van der Waals surface area contributed by atoms with Gasteiger partial charge in [0, 0.05) is 0 Å². The molecule has 0 bridgehead atoms. The van der Waals surface area contributed by atoms with Crippen LogP contribution in [-0.4, -0.2) is 0 Å². The molecule has 0 unspecified atom stereocenters. The fraction of sp³-hybridized carbons (Fsp3) is 1.00. The van der Waals surface area contributed by atoms with E-state index in [1.54, 1.807) is 19.3 Å². The summed E-state index contributed by atoms with van der Waals surface area (Å²) in [5.41, 5.74) is 1.34. The van der Waals surface area contributed by atoms with E-state index < -0.39 is 0 Å². The Balaban J connectivity index is 1.69. The maximum atomic E-state index is 2.73. The topological polar surface area (TPSA) is 0 Å². The van der Waals surface area contributed by atoms with Gasteiger partial charge in [-0.05, 0) is 91.3 Å². The molecule has 0 radical (unpaired) electrons. The fourth-order valence-electron chi connectivity index (χ4n) is 8.39. The van der Waals surface area contributed by atoms with Gasteiger partial charge in [0.2, 0.25) is 0 Å². The average molecular weight is 361 g/mol. The number of hydrogen-bond acceptors (Lipinski definition) is 0. The van der Waals surface area contributed by atoms with E-state index in [0.29, 0.717) is 10.8 Å². The summed E-state index contributed by atoms with van der Waals surface area (Å²) < 4.78 is 0. The van der Waals surface area contributed by atoms with Crippen LogP contribution in [-0.2, 0) is 0 Å². The molecule has 0 aromatic rings. The van der Waals surface area contributed by atoms with Crippen LogP contribution in [0.3, 0.4) is 0 Å². The third-order valence-electron chi connectivity index (χ3n) is 9.64. The van der Waals surface area contributed by atoms with Crippen molar-refractivity contribution in [3.63, 3.8) is 0 Å². The Morgan fingerprint density at radius 3 is 2.35 bits per heavy atom. The molecule has 3 fully saturated rings. The Hall–Kier alpha value is 0. The highest BCUT2D eigenvalue weighted by Crippen LogP contribution is 2.66. The second-order valence-corrected chi connectivity index (χ2v) is 11.7. The molecule has 26 heavy (non-hydrogen) atoms. The smallest absolute Gasteiger partial charge is 0.0264 e. The van der Waals surface area contributed by atoms with E-state index in [2.05, 4.69) is 41.5 Å². The zero-order valence-corrected chi connectivity index (χ0v) is 18.9. The van der Waals surface area contributed by atoms with Crippen molar-refractivity contribution in [1.29, 1.82) is 0 Å². The highest BCUT2D eigenvalue weighted by Gasteiger charge is 2.57. The van der Waals surface area contributed by atoms with Crippen LogP contribution >= 0.6 is 0 Å². The summed E-state index contributed by atoms with van der Waals surface area (Å²) in [7, 11) is 0. The van der Waals surface area contributed by atoms with Gasteiger partial charge in [-0.2, -0.15) is 0 Å². The molecule has 0 heterocycles. The molecule has 3 rings (SSSR count). The molecule has 0 aromatic carbocycles. The van der Waals surface area contributed by atoms with E-state index in [4.69, 9.17) is 0 Å². The standard InChI is InChI=1S/C26H48/c1-7-16-25(5)17-9-12-21-23(25)15-18-26(6)22(13-14-24(21)26)20(4)11-8-10-19(2)3/h19-24H,7-18H2,1-6H3/t20-,21-,22-,23+,24+,25+,26-/m1/s1. The van der Waals surface area contributed by atoms with Crippen molar-refractivity contribution in [2.75, 3.05) is 0 Å². The molecule has 0 spiro atoms. The summed E-state index contributed by atoms with van der Waals surface area (Å²) >= 11 is 0. The first kappa shape index (κ1) is 20.7. The summed E-state index contributed by atoms with van der Waals surface area (Å²) in [5.74, 6) is 6.00. The first-order valence-electron chi connectivity index (χ1n) is 12.3. The van der Waals surface area contributed by atoms with Crippen LogP contribution in [0.4, 0.5) is 0 Å². The van der Waals surface area contributed by atoms with Gasteiger partial charge in [-0.3, -0.25) is 0 Å². The van der Waals surface area contributed by atoms with Crippen molar-refractivity contribution >= 4 is 0 Å². The van der Waals surface area contributed by atoms with Gasteiger partial charge >= 0.3 is 0 Å². The number of hydrogen-bond donors (Lipinski definition) is 0. The minimum Gasteiger partial charge on any atom is -0.0654 e. The lowest BCUT2D eigenvalue weighted by Gasteiger charge is -2.57. The van der Waals surface area contributed by atoms with Crippen LogP contribution in [0.5, 0.6) is 0 Å². The van der Waals surface area contributed by atoms with E-state index in [0.717, 1.165) is 35.5 Å². The van der Waals surface area contributed by atoms with Crippen molar-refractivity contribution in [3.8, 4) is 0 Å². The van der Waals surface area contributed by atoms with Crippen LogP contribution in [0.1, 0.15) is 119 Å². The molecule has 152 valence electrons. The van der Waals surface area contributed by atoms with Crippen LogP contribution in [0.15, 0.2) is 0 Å². The monoisotopic (exact) mass is 360 g/mol. The zero-order chi connectivity index (χ0) is 18.9. The second kappa shape index (κ2) is 8.16. The fourth-order valence-corrected chi connectivity index (χ4v) is 8.39. The minimum absolute atomic E-state index is 0.667. The van der Waals surface area contributed by atoms with Gasteiger partial charge in [-0.25, -0.2) is 0 Å². The molecule has 3 saturated carbocycles. The van der Waals surface area contributed by atoms with Crippen molar-refractivity contribution in [2.45, 2.75) is 119 Å². The molecule has 0 aliphatic heterocycles. The first-order chi connectivity index (χ1) is 12.3. The predicted octanol–water partition coefficient (Wildman–Crippen LogP) is 8.50. The van der Waals surface area contributed by atoms with E-state index in [1.807, 2.05) is 0 Å². The van der Waals surface area contributed by atoms with E-state index >= 15 is 0 Å². The molecule has 0 aromatic heterocycles. The van der Waals surface area contributed by atoms with Crippen molar-refractivity contribution in [1.82, 2.24) is 0 Å². The molecule has 7 atom stereocenters. The zero-order valence-electron chi connectivity index (χ0n) is 18.9. The molecule has 0 amide bonds. The summed E-state index contributed by atoms with van der Waals surface area (Å²) in [4.78, 5) is 0. The van der Waals surface area contributed by atoms with Gasteiger partial charge in [-0.15, -0.1) is 0 Å². The lowest BCUT2D eigenvalue weighted by atomic mass is 9.48. The Labute approximate surface area is 165 Å². The van der Waals surface area contributed by atoms with Crippen LogP contribution in [0, 0.1) is 46.3 Å². The largest absolute Gasteiger partial charge is 0.0654 e. The Morgan fingerprint density at radius 1 is 0.885 bits per heavy atom. The average Bonchev–Trinajstić information content (AvgIpc) is 2.92. The lowest BCUT2D eigenvalue weighted by molar-refractivity contribution is -0.0775. The van der Waals surface area contributed by atoms with Gasteiger partial charge in [0.1, 0.15) is 0 Å². The van der Waals surface area contributed by atoms with Crippen LogP contribution < -0.4 is 0 Å². The van der Waals surface area contributed by atoms with E-state index in [9.17, 15) is 0 Å². The second-order valence-electron chi connectivity index (χ2n) is 11.7. The van der Waals surface area contributed by atoms with Crippen molar-refractivity contribution in [2.24, 2.45) is 46.3 Å². The van der Waals surface area contributed by atoms with Gasteiger partial charge in [0.25, 0.3) is 0 Å². The molecule has 0 N–H and O–H groups in total. The van der Waals surface area contributed by atoms with Crippen molar-refractivity contribution in [3.05, 3.63) is 0 Å². The van der Waals surface area contributed by atoms with Crippen LogP contribution in [0.25, 0.3) is 0 Å². The molecule has 0 saturated heterocycles. The quantitative estimate of drug-likeness (QED) is 0.427. The molecule has 0 nitrogen and oxygen atoms in total. The third-order valence-corrected chi connectivity index (χ3v) is 9.64. The van der Waals surface area contributed by atoms with Gasteiger partial charge in [0.15, 0.2) is 0 Å². The Morgan fingerprint density at radius 2 is 1.65 bits per heavy atom. The summed E-state index contributed by atoms with van der Waals surface area (Å²) in [6, 6.07) is 0. The molecule has 0 heteroatoms. The number of fused-ring (bicyclic) bond motifs is 3. The Kier molecular flexibility index (Phi) is 6.51. The predicted molar refractivity (Wildman–Crippen MR) is 115 cm³/mol. The summed E-state index contributed by atoms with van der Waals surface area (Å²) in [6.07, 6.45) is 18.0. The Bertz CT molecular complexity index is 447. The third kappa shape index (κ3) is 3.77. The minimum atomic E-state index is 0.667. The van der Waals surface area contributed by atoms with Crippen molar-refractivity contribution < 1.29 is 0 Å². The van der Waals surface area contributed by atoms with E-state index in [-0.39, 0.29) is 0 Å². The highest BCUT2D eigenvalue weighted by atomic mass is 14.6. The van der Waals surface area contributed by atoms with E-state index in [1.165, 1.54) is 57.8 Å². The highest BCUT2D eigenvalue weighted by molar-refractivity contribution is 5.07. The molecular formula is C26H48. The molecular weight excluding hydrogens is 312 g/mol. The summed E-state index contributed by atoms with van der Waals surface area (Å²) in [6.45, 7) is 15.2. The molecule has 3 aliphatic carbocycles. The molecule has 3 aliphatic rings. The van der Waals surface area contributed by atoms with Gasteiger partial charge in [-0.1, -0.05) is 73.6 Å². The normalized spacial score (nSPS) is 44.0. The lowest BCUT2D eigenvalue weighted by Crippen LogP contribution is -2.49.